The molecule has 3 heteroatoms. The normalized spacial score (nSPS) is 13.2. The lowest BCUT2D eigenvalue weighted by Crippen LogP contribution is -2.27. The smallest absolute Gasteiger partial charge is 0.186 e. The molecule has 0 bridgehead atoms. The summed E-state index contributed by atoms with van der Waals surface area (Å²) in [6.45, 7) is 10.4. The molecule has 0 spiro atoms. The fourth-order valence-electron chi connectivity index (χ4n) is 1.57. The third-order valence-electron chi connectivity index (χ3n) is 2.52. The monoisotopic (exact) mass is 233 g/mol. The van der Waals surface area contributed by atoms with E-state index < -0.39 is 14.4 Å². The Hall–Kier alpha value is -1.11. The highest BCUT2D eigenvalue weighted by atomic mass is 28.4. The second-order valence-electron chi connectivity index (χ2n) is 5.03. The average Bonchev–Trinajstić information content (AvgIpc) is 2.18. The summed E-state index contributed by atoms with van der Waals surface area (Å²) in [6, 6.07) is 8.28. The summed E-state index contributed by atoms with van der Waals surface area (Å²) in [4.78, 5) is 0. The van der Waals surface area contributed by atoms with Crippen LogP contribution >= 0.6 is 0 Å². The molecule has 0 saturated heterocycles. The minimum Gasteiger partial charge on any atom is -0.399 e. The van der Waals surface area contributed by atoms with Crippen molar-refractivity contribution in [1.29, 1.82) is 5.26 Å². The van der Waals surface area contributed by atoms with Crippen molar-refractivity contribution < 1.29 is 4.43 Å². The first-order chi connectivity index (χ1) is 7.35. The van der Waals surface area contributed by atoms with Gasteiger partial charge in [-0.15, -0.1) is 0 Å². The van der Waals surface area contributed by atoms with Crippen molar-refractivity contribution in [2.45, 2.75) is 39.6 Å². The van der Waals surface area contributed by atoms with Crippen molar-refractivity contribution in [2.24, 2.45) is 0 Å². The molecule has 1 aromatic rings. The molecule has 1 rings (SSSR count). The summed E-state index contributed by atoms with van der Waals surface area (Å²) in [5.41, 5.74) is 3.37. The van der Waals surface area contributed by atoms with Gasteiger partial charge in [0.1, 0.15) is 0 Å². The van der Waals surface area contributed by atoms with E-state index >= 15 is 0 Å². The van der Waals surface area contributed by atoms with Crippen LogP contribution in [-0.2, 0) is 4.43 Å². The maximum absolute atomic E-state index is 9.21. The summed E-state index contributed by atoms with van der Waals surface area (Å²) in [5.74, 6) is 0. The molecule has 0 aliphatic carbocycles. The molecule has 86 valence electrons. The Morgan fingerprint density at radius 3 is 2.38 bits per heavy atom. The van der Waals surface area contributed by atoms with Crippen molar-refractivity contribution in [1.82, 2.24) is 0 Å². The van der Waals surface area contributed by atoms with Gasteiger partial charge in [-0.05, 0) is 50.2 Å². The van der Waals surface area contributed by atoms with Crippen LogP contribution in [0.15, 0.2) is 18.2 Å². The minimum atomic E-state index is -1.69. The zero-order chi connectivity index (χ0) is 12.3. The Balaban J connectivity index is 3.06. The molecule has 0 radical (unpaired) electrons. The van der Waals surface area contributed by atoms with Crippen LogP contribution in [0.5, 0.6) is 0 Å². The number of hydrogen-bond donors (Lipinski definition) is 0. The maximum Gasteiger partial charge on any atom is 0.186 e. The molecule has 0 aromatic heterocycles. The molecule has 0 fully saturated rings. The zero-order valence-corrected chi connectivity index (χ0v) is 11.7. The van der Waals surface area contributed by atoms with Crippen LogP contribution in [0.25, 0.3) is 0 Å². The van der Waals surface area contributed by atoms with E-state index in [0.29, 0.717) is 0 Å². The predicted octanol–water partition coefficient (Wildman–Crippen LogP) is 3.72. The molecule has 1 atom stereocenters. The third-order valence-corrected chi connectivity index (χ3v) is 3.46. The van der Waals surface area contributed by atoms with Crippen LogP contribution in [0.4, 0.5) is 0 Å². The lowest BCUT2D eigenvalue weighted by atomic mass is 10.00. The Labute approximate surface area is 99.0 Å². The topological polar surface area (TPSA) is 33.0 Å². The molecule has 16 heavy (non-hydrogen) atoms. The number of hydrogen-bond acceptors (Lipinski definition) is 2. The molecule has 0 aliphatic heterocycles. The van der Waals surface area contributed by atoms with Gasteiger partial charge >= 0.3 is 0 Å². The Morgan fingerprint density at radius 2 is 1.88 bits per heavy atom. The minimum absolute atomic E-state index is 0.424. The number of nitriles is 1. The van der Waals surface area contributed by atoms with E-state index in [1.165, 1.54) is 5.56 Å². The van der Waals surface area contributed by atoms with E-state index in [0.717, 1.165) is 11.1 Å². The van der Waals surface area contributed by atoms with E-state index in [2.05, 4.69) is 38.7 Å². The van der Waals surface area contributed by atoms with E-state index in [-0.39, 0.29) is 0 Å². The van der Waals surface area contributed by atoms with Crippen LogP contribution < -0.4 is 0 Å². The number of benzene rings is 1. The van der Waals surface area contributed by atoms with Crippen LogP contribution in [0.2, 0.25) is 19.6 Å². The number of aryl methyl sites for hydroxylation is 1. The van der Waals surface area contributed by atoms with E-state index in [1.54, 1.807) is 0 Å². The molecule has 2 nitrogen and oxygen atoms in total. The second-order valence-corrected chi connectivity index (χ2v) is 9.49. The van der Waals surface area contributed by atoms with Gasteiger partial charge in [0.2, 0.25) is 0 Å². The standard InChI is InChI=1S/C13H19NOSi/c1-10-7-6-8-12(11(10)2)13(9-14)15-16(3,4)5/h6-8,13H,1-5H3. The van der Waals surface area contributed by atoms with Crippen molar-refractivity contribution >= 4 is 8.32 Å². The summed E-state index contributed by atoms with van der Waals surface area (Å²) in [5, 5.41) is 9.21. The molecule has 0 saturated carbocycles. The van der Waals surface area contributed by atoms with Gasteiger partial charge in [0.15, 0.2) is 14.4 Å². The molecular weight excluding hydrogens is 214 g/mol. The van der Waals surface area contributed by atoms with Crippen molar-refractivity contribution in [2.75, 3.05) is 0 Å². The fourth-order valence-corrected chi connectivity index (χ4v) is 2.46. The molecular formula is C13H19NOSi. The van der Waals surface area contributed by atoms with Gasteiger partial charge in [-0.25, -0.2) is 0 Å². The van der Waals surface area contributed by atoms with Crippen molar-refractivity contribution in [3.63, 3.8) is 0 Å². The highest BCUT2D eigenvalue weighted by molar-refractivity contribution is 6.69. The summed E-state index contributed by atoms with van der Waals surface area (Å²) in [6.07, 6.45) is -0.424. The van der Waals surface area contributed by atoms with E-state index in [4.69, 9.17) is 4.43 Å². The largest absolute Gasteiger partial charge is 0.399 e. The van der Waals surface area contributed by atoms with Crippen LogP contribution in [-0.4, -0.2) is 8.32 Å². The predicted molar refractivity (Wildman–Crippen MR) is 68.7 cm³/mol. The van der Waals surface area contributed by atoms with Gasteiger partial charge in [-0.1, -0.05) is 18.2 Å². The molecule has 0 N–H and O–H groups in total. The van der Waals surface area contributed by atoms with Gasteiger partial charge in [-0.2, -0.15) is 5.26 Å². The maximum atomic E-state index is 9.21. The SMILES string of the molecule is Cc1cccc(C(C#N)O[Si](C)(C)C)c1C. The van der Waals surface area contributed by atoms with Crippen LogP contribution in [0.3, 0.4) is 0 Å². The summed E-state index contributed by atoms with van der Waals surface area (Å²) >= 11 is 0. The van der Waals surface area contributed by atoms with Gasteiger partial charge in [0, 0.05) is 0 Å². The van der Waals surface area contributed by atoms with Gasteiger partial charge in [-0.3, -0.25) is 0 Å². The molecule has 0 heterocycles. The first kappa shape index (κ1) is 13.0. The second kappa shape index (κ2) is 4.81. The third kappa shape index (κ3) is 3.19. The molecule has 0 aliphatic rings. The quantitative estimate of drug-likeness (QED) is 0.745. The molecule has 0 amide bonds. The Bertz CT molecular complexity index is 415. The lowest BCUT2D eigenvalue weighted by molar-refractivity contribution is 0.254. The van der Waals surface area contributed by atoms with Crippen LogP contribution in [0.1, 0.15) is 22.8 Å². The molecule has 1 unspecified atom stereocenters. The van der Waals surface area contributed by atoms with Gasteiger partial charge in [0.25, 0.3) is 0 Å². The summed E-state index contributed by atoms with van der Waals surface area (Å²) < 4.78 is 5.89. The van der Waals surface area contributed by atoms with Crippen molar-refractivity contribution in [3.05, 3.63) is 34.9 Å². The fraction of sp³-hybridized carbons (Fsp3) is 0.462. The first-order valence-corrected chi connectivity index (χ1v) is 8.89. The lowest BCUT2D eigenvalue weighted by Gasteiger charge is -2.23. The van der Waals surface area contributed by atoms with Crippen molar-refractivity contribution in [3.8, 4) is 6.07 Å². The molecule has 1 aromatic carbocycles. The highest BCUT2D eigenvalue weighted by Gasteiger charge is 2.23. The Kier molecular flexibility index (Phi) is 3.90. The van der Waals surface area contributed by atoms with Gasteiger partial charge < -0.3 is 4.43 Å². The highest BCUT2D eigenvalue weighted by Crippen LogP contribution is 2.25. The first-order valence-electron chi connectivity index (χ1n) is 5.48. The summed E-state index contributed by atoms with van der Waals surface area (Å²) in [7, 11) is -1.69. The number of rotatable bonds is 3. The number of nitrogens with zero attached hydrogens (tertiary/aromatic N) is 1. The average molecular weight is 233 g/mol. The van der Waals surface area contributed by atoms with Gasteiger partial charge in [0.05, 0.1) is 6.07 Å². The van der Waals surface area contributed by atoms with E-state index in [9.17, 15) is 5.26 Å². The van der Waals surface area contributed by atoms with Crippen LogP contribution in [0, 0.1) is 25.2 Å². The zero-order valence-electron chi connectivity index (χ0n) is 10.7. The van der Waals surface area contributed by atoms with E-state index in [1.807, 2.05) is 19.1 Å². The Morgan fingerprint density at radius 1 is 1.25 bits per heavy atom.